The fraction of sp³-hybridized carbons (Fsp3) is 0.500. The lowest BCUT2D eigenvalue weighted by molar-refractivity contribution is 0.447. The van der Waals surface area contributed by atoms with Crippen LogP contribution in [-0.2, 0) is 0 Å². The molecule has 0 fully saturated rings. The van der Waals surface area contributed by atoms with Gasteiger partial charge in [0.25, 0.3) is 0 Å². The van der Waals surface area contributed by atoms with Crippen molar-refractivity contribution in [2.75, 3.05) is 13.6 Å². The highest BCUT2D eigenvalue weighted by Gasteiger charge is 2.08. The molecular weight excluding hydrogens is 158 g/mol. The van der Waals surface area contributed by atoms with Crippen molar-refractivity contribution in [1.29, 1.82) is 0 Å². The average molecular weight is 177 g/mol. The molecule has 0 heterocycles. The van der Waals surface area contributed by atoms with Crippen LogP contribution in [0.4, 0.5) is 0 Å². The van der Waals surface area contributed by atoms with Crippen molar-refractivity contribution in [2.45, 2.75) is 26.7 Å². The third-order valence-corrected chi connectivity index (χ3v) is 2.66. The van der Waals surface area contributed by atoms with E-state index in [2.05, 4.69) is 44.5 Å². The summed E-state index contributed by atoms with van der Waals surface area (Å²) in [5, 5.41) is 0. The highest BCUT2D eigenvalue weighted by atomic mass is 15.1. The Labute approximate surface area is 81.4 Å². The summed E-state index contributed by atoms with van der Waals surface area (Å²) in [4.78, 5) is 2.19. The lowest BCUT2D eigenvalue weighted by Gasteiger charge is -2.23. The van der Waals surface area contributed by atoms with E-state index in [-0.39, 0.29) is 0 Å². The molecule has 1 heteroatoms. The third kappa shape index (κ3) is 2.48. The van der Waals surface area contributed by atoms with Crippen LogP contribution in [0.1, 0.15) is 26.7 Å². The van der Waals surface area contributed by atoms with E-state index >= 15 is 0 Å². The normalized spacial score (nSPS) is 16.2. The van der Waals surface area contributed by atoms with E-state index in [9.17, 15) is 0 Å². The molecule has 0 aromatic rings. The number of likely N-dealkylation sites (N-methyl/N-ethyl adjacent to an activating group) is 1. The molecule has 0 unspecified atom stereocenters. The quantitative estimate of drug-likeness (QED) is 0.640. The van der Waals surface area contributed by atoms with Gasteiger partial charge in [-0.3, -0.25) is 0 Å². The van der Waals surface area contributed by atoms with Gasteiger partial charge in [-0.05, 0) is 32.3 Å². The van der Waals surface area contributed by atoms with Crippen LogP contribution in [0.25, 0.3) is 0 Å². The fourth-order valence-electron chi connectivity index (χ4n) is 1.42. The Morgan fingerprint density at radius 2 is 2.15 bits per heavy atom. The van der Waals surface area contributed by atoms with Crippen molar-refractivity contribution in [3.8, 4) is 0 Å². The number of rotatable bonds is 3. The largest absolute Gasteiger partial charge is 0.375 e. The summed E-state index contributed by atoms with van der Waals surface area (Å²) in [6, 6.07) is 0. The molecule has 0 atom stereocenters. The molecule has 0 N–H and O–H groups in total. The number of nitrogens with zero attached hydrogens (tertiary/aromatic N) is 1. The highest BCUT2D eigenvalue weighted by molar-refractivity contribution is 5.35. The molecule has 0 amide bonds. The van der Waals surface area contributed by atoms with E-state index in [1.54, 1.807) is 0 Å². The third-order valence-electron chi connectivity index (χ3n) is 2.66. The van der Waals surface area contributed by atoms with Gasteiger partial charge in [0.1, 0.15) is 0 Å². The summed E-state index contributed by atoms with van der Waals surface area (Å²) in [7, 11) is 2.09. The van der Waals surface area contributed by atoms with Crippen LogP contribution in [0.2, 0.25) is 0 Å². The van der Waals surface area contributed by atoms with E-state index in [1.165, 1.54) is 23.3 Å². The molecule has 0 saturated carbocycles. The molecule has 0 spiro atoms. The van der Waals surface area contributed by atoms with Gasteiger partial charge in [-0.1, -0.05) is 24.3 Å². The van der Waals surface area contributed by atoms with Gasteiger partial charge in [0.15, 0.2) is 0 Å². The number of hydrogen-bond acceptors (Lipinski definition) is 1. The average Bonchev–Trinajstić information content (AvgIpc) is 2.17. The van der Waals surface area contributed by atoms with Crippen molar-refractivity contribution in [3.63, 3.8) is 0 Å². The second-order valence-corrected chi connectivity index (χ2v) is 3.67. The SMILES string of the molecule is C=C(C1=CC=C(C)CC1)N(C)CC. The second kappa shape index (κ2) is 4.31. The molecule has 1 nitrogen and oxygen atoms in total. The van der Waals surface area contributed by atoms with Gasteiger partial charge in [-0.15, -0.1) is 0 Å². The van der Waals surface area contributed by atoms with Crippen molar-refractivity contribution in [3.05, 3.63) is 35.6 Å². The lowest BCUT2D eigenvalue weighted by atomic mass is 9.97. The zero-order chi connectivity index (χ0) is 9.84. The Kier molecular flexibility index (Phi) is 3.35. The molecule has 0 radical (unpaired) electrons. The number of allylic oxidation sites excluding steroid dienone is 4. The molecule has 1 aliphatic rings. The Balaban J connectivity index is 2.68. The van der Waals surface area contributed by atoms with Crippen molar-refractivity contribution < 1.29 is 0 Å². The van der Waals surface area contributed by atoms with Gasteiger partial charge >= 0.3 is 0 Å². The molecule has 0 bridgehead atoms. The van der Waals surface area contributed by atoms with Crippen molar-refractivity contribution >= 4 is 0 Å². The minimum absolute atomic E-state index is 1.03. The first-order valence-electron chi connectivity index (χ1n) is 4.92. The summed E-state index contributed by atoms with van der Waals surface area (Å²) in [5.41, 5.74) is 4.02. The van der Waals surface area contributed by atoms with Crippen LogP contribution in [0, 0.1) is 0 Å². The van der Waals surface area contributed by atoms with Crippen LogP contribution in [0.5, 0.6) is 0 Å². The van der Waals surface area contributed by atoms with Gasteiger partial charge in [0, 0.05) is 19.3 Å². The standard InChI is InChI=1S/C12H19N/c1-5-13(4)11(3)12-8-6-10(2)7-9-12/h6,8H,3,5,7,9H2,1-2,4H3. The zero-order valence-corrected chi connectivity index (χ0v) is 8.93. The first-order chi connectivity index (χ1) is 6.15. The Bertz CT molecular complexity index is 258. The van der Waals surface area contributed by atoms with Gasteiger partial charge in [0.2, 0.25) is 0 Å². The first kappa shape index (κ1) is 10.1. The van der Waals surface area contributed by atoms with Gasteiger partial charge < -0.3 is 4.90 Å². The molecule has 0 aromatic carbocycles. The zero-order valence-electron chi connectivity index (χ0n) is 8.93. The van der Waals surface area contributed by atoms with E-state index in [4.69, 9.17) is 0 Å². The maximum Gasteiger partial charge on any atom is 0.0323 e. The van der Waals surface area contributed by atoms with E-state index in [0.717, 1.165) is 13.0 Å². The maximum atomic E-state index is 4.10. The predicted molar refractivity (Wildman–Crippen MR) is 58.5 cm³/mol. The van der Waals surface area contributed by atoms with Crippen LogP contribution >= 0.6 is 0 Å². The summed E-state index contributed by atoms with van der Waals surface area (Å²) >= 11 is 0. The molecule has 1 aliphatic carbocycles. The van der Waals surface area contributed by atoms with Gasteiger partial charge in [0.05, 0.1) is 0 Å². The second-order valence-electron chi connectivity index (χ2n) is 3.67. The summed E-state index contributed by atoms with van der Waals surface area (Å²) in [5.74, 6) is 0. The molecule has 72 valence electrons. The molecule has 0 saturated heterocycles. The number of hydrogen-bond donors (Lipinski definition) is 0. The van der Waals surface area contributed by atoms with E-state index < -0.39 is 0 Å². The highest BCUT2D eigenvalue weighted by Crippen LogP contribution is 2.23. The summed E-state index contributed by atoms with van der Waals surface area (Å²) < 4.78 is 0. The Hall–Kier alpha value is -0.980. The molecule has 1 rings (SSSR count). The Morgan fingerprint density at radius 1 is 1.46 bits per heavy atom. The van der Waals surface area contributed by atoms with E-state index in [1.807, 2.05) is 0 Å². The lowest BCUT2D eigenvalue weighted by Crippen LogP contribution is -2.18. The van der Waals surface area contributed by atoms with Crippen LogP contribution < -0.4 is 0 Å². The minimum Gasteiger partial charge on any atom is -0.375 e. The van der Waals surface area contributed by atoms with Crippen LogP contribution in [-0.4, -0.2) is 18.5 Å². The maximum absolute atomic E-state index is 4.10. The topological polar surface area (TPSA) is 3.24 Å². The van der Waals surface area contributed by atoms with Crippen molar-refractivity contribution in [1.82, 2.24) is 4.90 Å². The molecule has 0 aromatic heterocycles. The van der Waals surface area contributed by atoms with Crippen LogP contribution in [0.15, 0.2) is 35.6 Å². The monoisotopic (exact) mass is 177 g/mol. The van der Waals surface area contributed by atoms with Gasteiger partial charge in [-0.25, -0.2) is 0 Å². The Morgan fingerprint density at radius 3 is 2.62 bits per heavy atom. The molecular formula is C12H19N. The fourth-order valence-corrected chi connectivity index (χ4v) is 1.42. The molecule has 13 heavy (non-hydrogen) atoms. The summed E-state index contributed by atoms with van der Waals surface area (Å²) in [6.45, 7) is 9.46. The van der Waals surface area contributed by atoms with Gasteiger partial charge in [-0.2, -0.15) is 0 Å². The van der Waals surface area contributed by atoms with E-state index in [0.29, 0.717) is 0 Å². The predicted octanol–water partition coefficient (Wildman–Crippen LogP) is 3.12. The molecule has 0 aliphatic heterocycles. The minimum atomic E-state index is 1.03. The van der Waals surface area contributed by atoms with Crippen molar-refractivity contribution in [2.24, 2.45) is 0 Å². The van der Waals surface area contributed by atoms with Crippen LogP contribution in [0.3, 0.4) is 0 Å². The summed E-state index contributed by atoms with van der Waals surface area (Å²) in [6.07, 6.45) is 6.73. The first-order valence-corrected chi connectivity index (χ1v) is 4.92. The smallest absolute Gasteiger partial charge is 0.0323 e.